The van der Waals surface area contributed by atoms with Crippen molar-refractivity contribution in [1.82, 2.24) is 0 Å². The van der Waals surface area contributed by atoms with E-state index in [0.717, 1.165) is 17.5 Å². The molecule has 4 heteroatoms. The SMILES string of the molecule is O=C(O)c1ccc(-c2ccc(C(=O)O)cc2)cc1.c1ccc2c(c1)Cc1ccccc1-2. The largest absolute Gasteiger partial charge is 0.478 e. The van der Waals surface area contributed by atoms with Crippen molar-refractivity contribution in [2.45, 2.75) is 6.42 Å². The zero-order chi connectivity index (χ0) is 21.8. The molecule has 0 saturated carbocycles. The maximum Gasteiger partial charge on any atom is 0.335 e. The number of benzene rings is 4. The van der Waals surface area contributed by atoms with Gasteiger partial charge < -0.3 is 10.2 Å². The monoisotopic (exact) mass is 408 g/mol. The second-order valence-corrected chi connectivity index (χ2v) is 7.26. The molecule has 31 heavy (non-hydrogen) atoms. The maximum absolute atomic E-state index is 10.7. The summed E-state index contributed by atoms with van der Waals surface area (Å²) in [7, 11) is 0. The van der Waals surface area contributed by atoms with Crippen LogP contribution in [0.25, 0.3) is 22.3 Å². The minimum absolute atomic E-state index is 0.223. The maximum atomic E-state index is 10.7. The highest BCUT2D eigenvalue weighted by Gasteiger charge is 2.15. The Bertz CT molecular complexity index is 1140. The Kier molecular flexibility index (Phi) is 5.63. The second-order valence-electron chi connectivity index (χ2n) is 7.26. The molecule has 0 aromatic heterocycles. The molecule has 0 spiro atoms. The van der Waals surface area contributed by atoms with Gasteiger partial charge in [0, 0.05) is 0 Å². The van der Waals surface area contributed by atoms with Gasteiger partial charge in [-0.15, -0.1) is 0 Å². The number of fused-ring (bicyclic) bond motifs is 3. The molecule has 0 aliphatic heterocycles. The van der Waals surface area contributed by atoms with Crippen molar-refractivity contribution in [1.29, 1.82) is 0 Å². The molecule has 4 nitrogen and oxygen atoms in total. The average molecular weight is 408 g/mol. The number of hydrogen-bond donors (Lipinski definition) is 2. The number of carboxylic acid groups (broad SMARTS) is 2. The van der Waals surface area contributed by atoms with E-state index in [2.05, 4.69) is 48.5 Å². The predicted octanol–water partition coefficient (Wildman–Crippen LogP) is 6.01. The summed E-state index contributed by atoms with van der Waals surface area (Å²) in [5.74, 6) is -1.94. The van der Waals surface area contributed by atoms with Crippen molar-refractivity contribution in [3.05, 3.63) is 119 Å². The van der Waals surface area contributed by atoms with Crippen LogP contribution >= 0.6 is 0 Å². The summed E-state index contributed by atoms with van der Waals surface area (Å²) >= 11 is 0. The van der Waals surface area contributed by atoms with Gasteiger partial charge in [-0.3, -0.25) is 0 Å². The summed E-state index contributed by atoms with van der Waals surface area (Å²) in [4.78, 5) is 21.4. The smallest absolute Gasteiger partial charge is 0.335 e. The fraction of sp³-hybridized carbons (Fsp3) is 0.0370. The van der Waals surface area contributed by atoms with Gasteiger partial charge in [0.25, 0.3) is 0 Å². The molecule has 0 heterocycles. The van der Waals surface area contributed by atoms with E-state index in [0.29, 0.717) is 0 Å². The first-order valence-corrected chi connectivity index (χ1v) is 9.86. The van der Waals surface area contributed by atoms with Gasteiger partial charge in [-0.1, -0.05) is 72.8 Å². The Morgan fingerprint density at radius 3 is 1.23 bits per heavy atom. The first-order chi connectivity index (χ1) is 15.0. The summed E-state index contributed by atoms with van der Waals surface area (Å²) in [6, 6.07) is 30.2. The van der Waals surface area contributed by atoms with Gasteiger partial charge in [-0.2, -0.15) is 0 Å². The molecular formula is C27H20O4. The Morgan fingerprint density at radius 1 is 0.516 bits per heavy atom. The Balaban J connectivity index is 0.000000156. The lowest BCUT2D eigenvalue weighted by molar-refractivity contribution is 0.0686. The number of carboxylic acids is 2. The van der Waals surface area contributed by atoms with Crippen LogP contribution in [0.3, 0.4) is 0 Å². The van der Waals surface area contributed by atoms with Gasteiger partial charge in [0.2, 0.25) is 0 Å². The van der Waals surface area contributed by atoms with Gasteiger partial charge in [0.15, 0.2) is 0 Å². The first kappa shape index (κ1) is 20.1. The van der Waals surface area contributed by atoms with Crippen molar-refractivity contribution in [2.75, 3.05) is 0 Å². The van der Waals surface area contributed by atoms with Gasteiger partial charge in [0.05, 0.1) is 11.1 Å². The zero-order valence-electron chi connectivity index (χ0n) is 16.7. The molecule has 152 valence electrons. The summed E-state index contributed by atoms with van der Waals surface area (Å²) < 4.78 is 0. The zero-order valence-corrected chi connectivity index (χ0v) is 16.7. The van der Waals surface area contributed by atoms with E-state index in [1.54, 1.807) is 24.3 Å². The summed E-state index contributed by atoms with van der Waals surface area (Å²) in [6.45, 7) is 0. The van der Waals surface area contributed by atoms with Gasteiger partial charge in [-0.25, -0.2) is 9.59 Å². The lowest BCUT2D eigenvalue weighted by Gasteiger charge is -2.03. The molecule has 0 amide bonds. The third kappa shape index (κ3) is 4.38. The van der Waals surface area contributed by atoms with Crippen LogP contribution in [0.1, 0.15) is 31.8 Å². The number of hydrogen-bond acceptors (Lipinski definition) is 2. The molecule has 1 aliphatic rings. The van der Waals surface area contributed by atoms with E-state index < -0.39 is 11.9 Å². The third-order valence-corrected chi connectivity index (χ3v) is 5.30. The predicted molar refractivity (Wildman–Crippen MR) is 120 cm³/mol. The topological polar surface area (TPSA) is 74.6 Å². The highest BCUT2D eigenvalue weighted by atomic mass is 16.4. The van der Waals surface area contributed by atoms with Crippen LogP contribution in [0.4, 0.5) is 0 Å². The van der Waals surface area contributed by atoms with Crippen molar-refractivity contribution in [2.24, 2.45) is 0 Å². The normalized spacial score (nSPS) is 11.0. The standard InChI is InChI=1S/C14H10O4.C13H10/c15-13(16)11-5-1-9(2-6-11)10-3-7-12(8-4-10)14(17)18;1-3-7-12-10(5-1)9-11-6-2-4-8-13(11)12/h1-8H,(H,15,16)(H,17,18);1-8H,9H2. The molecule has 1 aliphatic carbocycles. The number of carbonyl (C=O) groups is 2. The molecule has 0 atom stereocenters. The molecule has 5 rings (SSSR count). The average Bonchev–Trinajstić information content (AvgIpc) is 3.18. The van der Waals surface area contributed by atoms with Crippen LogP contribution in [0.5, 0.6) is 0 Å². The van der Waals surface area contributed by atoms with E-state index >= 15 is 0 Å². The number of aromatic carboxylic acids is 2. The molecule has 0 bridgehead atoms. The number of rotatable bonds is 3. The van der Waals surface area contributed by atoms with Crippen LogP contribution in [0.2, 0.25) is 0 Å². The highest BCUT2D eigenvalue weighted by molar-refractivity contribution is 5.89. The van der Waals surface area contributed by atoms with Crippen molar-refractivity contribution < 1.29 is 19.8 Å². The van der Waals surface area contributed by atoms with E-state index in [1.165, 1.54) is 46.5 Å². The second kappa shape index (κ2) is 8.67. The van der Waals surface area contributed by atoms with E-state index in [4.69, 9.17) is 10.2 Å². The van der Waals surface area contributed by atoms with Crippen molar-refractivity contribution in [3.8, 4) is 22.3 Å². The molecule has 0 saturated heterocycles. The molecule has 0 fully saturated rings. The molecule has 0 unspecified atom stereocenters. The fourth-order valence-electron chi connectivity index (χ4n) is 3.69. The fourth-order valence-corrected chi connectivity index (χ4v) is 3.69. The molecule has 4 aromatic carbocycles. The van der Waals surface area contributed by atoms with Crippen LogP contribution in [-0.4, -0.2) is 22.2 Å². The summed E-state index contributed by atoms with van der Waals surface area (Å²) in [5, 5.41) is 17.6. The van der Waals surface area contributed by atoms with Gasteiger partial charge in [-0.05, 0) is 64.1 Å². The van der Waals surface area contributed by atoms with Crippen LogP contribution < -0.4 is 0 Å². The van der Waals surface area contributed by atoms with Crippen molar-refractivity contribution in [3.63, 3.8) is 0 Å². The van der Waals surface area contributed by atoms with Crippen molar-refractivity contribution >= 4 is 11.9 Å². The van der Waals surface area contributed by atoms with E-state index in [1.807, 2.05) is 0 Å². The minimum Gasteiger partial charge on any atom is -0.478 e. The lowest BCUT2D eigenvalue weighted by atomic mass is 10.0. The highest BCUT2D eigenvalue weighted by Crippen LogP contribution is 2.35. The quantitative estimate of drug-likeness (QED) is 0.383. The summed E-state index contributed by atoms with van der Waals surface area (Å²) in [5.41, 5.74) is 7.89. The van der Waals surface area contributed by atoms with Crippen LogP contribution in [0.15, 0.2) is 97.1 Å². The van der Waals surface area contributed by atoms with Crippen LogP contribution in [0, 0.1) is 0 Å². The Labute approximate surface area is 180 Å². The van der Waals surface area contributed by atoms with E-state index in [-0.39, 0.29) is 11.1 Å². The van der Waals surface area contributed by atoms with Crippen LogP contribution in [-0.2, 0) is 6.42 Å². The molecular weight excluding hydrogens is 388 g/mol. The summed E-state index contributed by atoms with van der Waals surface area (Å²) in [6.07, 6.45) is 1.10. The molecule has 4 aromatic rings. The Hall–Kier alpha value is -4.18. The minimum atomic E-state index is -0.970. The third-order valence-electron chi connectivity index (χ3n) is 5.30. The first-order valence-electron chi connectivity index (χ1n) is 9.86. The Morgan fingerprint density at radius 2 is 0.871 bits per heavy atom. The van der Waals surface area contributed by atoms with E-state index in [9.17, 15) is 9.59 Å². The lowest BCUT2D eigenvalue weighted by Crippen LogP contribution is -1.96. The van der Waals surface area contributed by atoms with Gasteiger partial charge in [0.1, 0.15) is 0 Å². The molecule has 0 radical (unpaired) electrons. The molecule has 2 N–H and O–H groups in total. The van der Waals surface area contributed by atoms with Gasteiger partial charge >= 0.3 is 11.9 Å².